The lowest BCUT2D eigenvalue weighted by atomic mass is 10.1. The molecule has 0 heterocycles. The lowest BCUT2D eigenvalue weighted by Gasteiger charge is -2.23. The number of hydrogen-bond donors (Lipinski definition) is 1. The molecule has 0 aliphatic carbocycles. The number of allylic oxidation sites excluding steroid dienone is 4. The molecule has 1 N–H and O–H groups in total. The Bertz CT molecular complexity index is 1150. The van der Waals surface area contributed by atoms with Crippen LogP contribution in [-0.4, -0.2) is 28.3 Å². The zero-order valence-electron chi connectivity index (χ0n) is 18.7. The number of halogens is 2. The second-order valence-corrected chi connectivity index (χ2v) is 9.84. The van der Waals surface area contributed by atoms with E-state index in [0.717, 1.165) is 28.1 Å². The number of nitrogens with one attached hydrogen (secondary N) is 1. The standard InChI is InChI=1S/C25H28ClFN2O2S/c1-6-24(26)19(3)15-18(2)16-29(22-11-13-23(14-12-22)32(5,30)31)17-25(28-4)20-7-9-21(27)10-8-20/h6-15,17,28H,1,16H2,2-5H3/b18-15+,24-19+,25-17-. The van der Waals surface area contributed by atoms with Crippen LogP contribution in [0.4, 0.5) is 10.1 Å². The van der Waals surface area contributed by atoms with Crippen molar-refractivity contribution in [3.63, 3.8) is 0 Å². The van der Waals surface area contributed by atoms with Gasteiger partial charge in [-0.2, -0.15) is 0 Å². The van der Waals surface area contributed by atoms with E-state index in [0.29, 0.717) is 11.6 Å². The summed E-state index contributed by atoms with van der Waals surface area (Å²) in [7, 11) is -1.50. The van der Waals surface area contributed by atoms with Crippen LogP contribution in [0.2, 0.25) is 0 Å². The second-order valence-electron chi connectivity index (χ2n) is 7.42. The fourth-order valence-corrected chi connectivity index (χ4v) is 3.76. The van der Waals surface area contributed by atoms with Crippen molar-refractivity contribution in [2.75, 3.05) is 24.7 Å². The summed E-state index contributed by atoms with van der Waals surface area (Å²) < 4.78 is 37.1. The van der Waals surface area contributed by atoms with Gasteiger partial charge < -0.3 is 10.2 Å². The molecule has 0 aliphatic rings. The minimum absolute atomic E-state index is 0.251. The van der Waals surface area contributed by atoms with Crippen molar-refractivity contribution in [2.24, 2.45) is 0 Å². The first kappa shape index (κ1) is 25.4. The molecule has 7 heteroatoms. The number of hydrogen-bond acceptors (Lipinski definition) is 4. The third kappa shape index (κ3) is 7.11. The molecule has 0 fully saturated rings. The number of rotatable bonds is 9. The van der Waals surface area contributed by atoms with Gasteiger partial charge in [-0.05, 0) is 73.5 Å². The smallest absolute Gasteiger partial charge is 0.175 e. The number of nitrogens with zero attached hydrogens (tertiary/aromatic N) is 1. The topological polar surface area (TPSA) is 49.4 Å². The number of benzene rings is 2. The highest BCUT2D eigenvalue weighted by Crippen LogP contribution is 2.23. The first-order valence-electron chi connectivity index (χ1n) is 9.93. The maximum atomic E-state index is 13.4. The molecule has 0 amide bonds. The van der Waals surface area contributed by atoms with Gasteiger partial charge in [0.25, 0.3) is 0 Å². The van der Waals surface area contributed by atoms with Crippen molar-refractivity contribution in [3.8, 4) is 0 Å². The molecule has 4 nitrogen and oxygen atoms in total. The Morgan fingerprint density at radius 2 is 1.72 bits per heavy atom. The highest BCUT2D eigenvalue weighted by atomic mass is 35.5. The monoisotopic (exact) mass is 474 g/mol. The molecule has 2 aromatic rings. The summed E-state index contributed by atoms with van der Waals surface area (Å²) in [4.78, 5) is 2.24. The molecule has 170 valence electrons. The third-order valence-corrected chi connectivity index (χ3v) is 6.33. The summed E-state index contributed by atoms with van der Waals surface area (Å²) in [6, 6.07) is 12.9. The van der Waals surface area contributed by atoms with Gasteiger partial charge in [-0.15, -0.1) is 0 Å². The minimum atomic E-state index is -3.29. The molecule has 0 bridgehead atoms. The molecule has 0 unspecified atom stereocenters. The molecular weight excluding hydrogens is 447 g/mol. The molecule has 0 radical (unpaired) electrons. The normalized spacial score (nSPS) is 13.4. The summed E-state index contributed by atoms with van der Waals surface area (Å²) in [6.07, 6.45) is 6.66. The summed E-state index contributed by atoms with van der Waals surface area (Å²) in [5.41, 5.74) is 4.32. The van der Waals surface area contributed by atoms with Crippen LogP contribution in [0.5, 0.6) is 0 Å². The maximum absolute atomic E-state index is 13.4. The van der Waals surface area contributed by atoms with Gasteiger partial charge in [0.05, 0.1) is 10.6 Å². The van der Waals surface area contributed by atoms with Crippen LogP contribution >= 0.6 is 11.6 Å². The predicted molar refractivity (Wildman–Crippen MR) is 133 cm³/mol. The van der Waals surface area contributed by atoms with Crippen molar-refractivity contribution >= 4 is 32.8 Å². The summed E-state index contributed by atoms with van der Waals surface area (Å²) in [6.45, 7) is 8.10. The third-order valence-electron chi connectivity index (χ3n) is 4.74. The van der Waals surface area contributed by atoms with E-state index in [9.17, 15) is 12.8 Å². The van der Waals surface area contributed by atoms with Gasteiger partial charge in [-0.1, -0.05) is 35.9 Å². The van der Waals surface area contributed by atoms with E-state index in [2.05, 4.69) is 11.9 Å². The number of anilines is 1. The lowest BCUT2D eigenvalue weighted by molar-refractivity contribution is 0.602. The molecule has 0 spiro atoms. The van der Waals surface area contributed by atoms with Crippen LogP contribution in [0, 0.1) is 5.82 Å². The first-order chi connectivity index (χ1) is 15.0. The first-order valence-corrected chi connectivity index (χ1v) is 12.2. The van der Waals surface area contributed by atoms with Crippen molar-refractivity contribution in [3.05, 3.63) is 101 Å². The predicted octanol–water partition coefficient (Wildman–Crippen LogP) is 5.90. The van der Waals surface area contributed by atoms with E-state index in [1.54, 1.807) is 49.5 Å². The zero-order chi connectivity index (χ0) is 23.9. The average Bonchev–Trinajstić information content (AvgIpc) is 2.76. The van der Waals surface area contributed by atoms with Crippen molar-refractivity contribution in [1.29, 1.82) is 0 Å². The molecule has 32 heavy (non-hydrogen) atoms. The molecule has 2 aromatic carbocycles. The van der Waals surface area contributed by atoms with Crippen LogP contribution in [0.25, 0.3) is 5.70 Å². The Labute approximate surface area is 195 Å². The Morgan fingerprint density at radius 3 is 2.22 bits per heavy atom. The molecule has 0 aliphatic heterocycles. The molecular formula is C25H28ClFN2O2S. The van der Waals surface area contributed by atoms with E-state index >= 15 is 0 Å². The van der Waals surface area contributed by atoms with Crippen molar-refractivity contribution < 1.29 is 12.8 Å². The zero-order valence-corrected chi connectivity index (χ0v) is 20.3. The summed E-state index contributed by atoms with van der Waals surface area (Å²) >= 11 is 6.17. The molecule has 0 aromatic heterocycles. The van der Waals surface area contributed by atoms with Crippen molar-refractivity contribution in [1.82, 2.24) is 5.32 Å². The second kappa shape index (κ2) is 11.2. The highest BCUT2D eigenvalue weighted by Gasteiger charge is 2.11. The SMILES string of the molecule is C=C/C(Cl)=C(C)\C=C(/C)CN(/C=C(\NC)c1ccc(F)cc1)c1ccc(S(C)(=O)=O)cc1. The van der Waals surface area contributed by atoms with E-state index in [1.165, 1.54) is 18.4 Å². The van der Waals surface area contributed by atoms with Crippen LogP contribution in [-0.2, 0) is 9.84 Å². The minimum Gasteiger partial charge on any atom is -0.386 e. The Balaban J connectivity index is 2.51. The van der Waals surface area contributed by atoms with Crippen LogP contribution in [0.3, 0.4) is 0 Å². The fraction of sp³-hybridized carbons (Fsp3) is 0.200. The van der Waals surface area contributed by atoms with Crippen LogP contribution < -0.4 is 10.2 Å². The summed E-state index contributed by atoms with van der Waals surface area (Å²) in [5.74, 6) is -0.308. The van der Waals surface area contributed by atoms with Crippen molar-refractivity contribution in [2.45, 2.75) is 18.7 Å². The molecule has 0 saturated carbocycles. The molecule has 0 saturated heterocycles. The highest BCUT2D eigenvalue weighted by molar-refractivity contribution is 7.90. The molecule has 0 atom stereocenters. The van der Waals surface area contributed by atoms with Gasteiger partial charge in [0.1, 0.15) is 5.82 Å². The lowest BCUT2D eigenvalue weighted by Crippen LogP contribution is -2.21. The number of sulfone groups is 1. The van der Waals surface area contributed by atoms with Gasteiger partial charge in [-0.25, -0.2) is 12.8 Å². The van der Waals surface area contributed by atoms with E-state index < -0.39 is 9.84 Å². The van der Waals surface area contributed by atoms with E-state index in [-0.39, 0.29) is 10.7 Å². The quantitative estimate of drug-likeness (QED) is 0.460. The van der Waals surface area contributed by atoms with Gasteiger partial charge in [0.15, 0.2) is 9.84 Å². The Kier molecular flexibility index (Phi) is 8.87. The largest absolute Gasteiger partial charge is 0.386 e. The van der Waals surface area contributed by atoms with Gasteiger partial charge in [0, 0.05) is 36.8 Å². The van der Waals surface area contributed by atoms with E-state index in [1.807, 2.05) is 31.0 Å². The van der Waals surface area contributed by atoms with Gasteiger partial charge in [0.2, 0.25) is 0 Å². The summed E-state index contributed by atoms with van der Waals surface area (Å²) in [5, 5.41) is 3.73. The van der Waals surface area contributed by atoms with Crippen LogP contribution in [0.1, 0.15) is 19.4 Å². The van der Waals surface area contributed by atoms with Gasteiger partial charge >= 0.3 is 0 Å². The van der Waals surface area contributed by atoms with E-state index in [4.69, 9.17) is 11.6 Å². The Hall–Kier alpha value is -2.83. The fourth-order valence-electron chi connectivity index (χ4n) is 3.08. The average molecular weight is 475 g/mol. The maximum Gasteiger partial charge on any atom is 0.175 e. The molecule has 2 rings (SSSR count). The van der Waals surface area contributed by atoms with Crippen LogP contribution in [0.15, 0.2) is 94.5 Å². The Morgan fingerprint density at radius 1 is 1.12 bits per heavy atom. The van der Waals surface area contributed by atoms with Gasteiger partial charge in [-0.3, -0.25) is 0 Å².